The first-order chi connectivity index (χ1) is 7.62. The summed E-state index contributed by atoms with van der Waals surface area (Å²) < 4.78 is 18.5. The van der Waals surface area contributed by atoms with Crippen molar-refractivity contribution in [2.45, 2.75) is 31.7 Å². The Morgan fingerprint density at radius 2 is 2.12 bits per heavy atom. The number of benzene rings is 1. The number of nitrogens with two attached hydrogens (primary N) is 1. The predicted octanol–water partition coefficient (Wildman–Crippen LogP) is 2.49. The van der Waals surface area contributed by atoms with Crippen LogP contribution in [0.2, 0.25) is 0 Å². The summed E-state index contributed by atoms with van der Waals surface area (Å²) in [4.78, 5) is 0. The highest BCUT2D eigenvalue weighted by Gasteiger charge is 2.29. The zero-order valence-corrected chi connectivity index (χ0v) is 9.63. The van der Waals surface area contributed by atoms with Gasteiger partial charge in [-0.05, 0) is 49.4 Å². The van der Waals surface area contributed by atoms with E-state index in [0.29, 0.717) is 6.61 Å². The van der Waals surface area contributed by atoms with Crippen molar-refractivity contribution in [2.75, 3.05) is 13.2 Å². The van der Waals surface area contributed by atoms with Gasteiger partial charge in [0.2, 0.25) is 0 Å². The van der Waals surface area contributed by atoms with E-state index in [1.54, 1.807) is 6.07 Å². The van der Waals surface area contributed by atoms with Gasteiger partial charge in [0.15, 0.2) is 0 Å². The lowest BCUT2D eigenvalue weighted by atomic mass is 9.82. The maximum absolute atomic E-state index is 13.1. The molecule has 0 saturated carbocycles. The van der Waals surface area contributed by atoms with Crippen molar-refractivity contribution >= 4 is 0 Å². The van der Waals surface area contributed by atoms with Crippen molar-refractivity contribution in [1.82, 2.24) is 0 Å². The van der Waals surface area contributed by atoms with E-state index in [4.69, 9.17) is 10.5 Å². The molecule has 1 aromatic rings. The van der Waals surface area contributed by atoms with Gasteiger partial charge in [-0.25, -0.2) is 4.39 Å². The normalized spacial score (nSPS) is 26.4. The number of hydrogen-bond donors (Lipinski definition) is 1. The third-order valence-electron chi connectivity index (χ3n) is 3.33. The Hall–Kier alpha value is -0.930. The van der Waals surface area contributed by atoms with Gasteiger partial charge in [-0.15, -0.1) is 0 Å². The lowest BCUT2D eigenvalue weighted by molar-refractivity contribution is 0.139. The molecule has 16 heavy (non-hydrogen) atoms. The van der Waals surface area contributed by atoms with Crippen LogP contribution < -0.4 is 5.73 Å². The molecule has 0 aromatic heterocycles. The van der Waals surface area contributed by atoms with Crippen LogP contribution in [0, 0.1) is 12.7 Å². The second-order valence-corrected chi connectivity index (χ2v) is 4.58. The molecule has 0 spiro atoms. The Bertz CT molecular complexity index is 370. The lowest BCUT2D eigenvalue weighted by Gasteiger charge is -2.29. The molecule has 1 aromatic carbocycles. The third-order valence-corrected chi connectivity index (χ3v) is 3.33. The molecular weight excluding hydrogens is 205 g/mol. The number of ether oxygens (including phenoxy) is 1. The first kappa shape index (κ1) is 11.6. The minimum Gasteiger partial charge on any atom is -0.381 e. The van der Waals surface area contributed by atoms with Crippen molar-refractivity contribution in [3.8, 4) is 0 Å². The van der Waals surface area contributed by atoms with Crippen molar-refractivity contribution in [3.63, 3.8) is 0 Å². The van der Waals surface area contributed by atoms with Crippen LogP contribution >= 0.6 is 0 Å². The maximum Gasteiger partial charge on any atom is 0.123 e. The fraction of sp³-hybridized carbons (Fsp3) is 0.538. The molecule has 0 aliphatic carbocycles. The summed E-state index contributed by atoms with van der Waals surface area (Å²) >= 11 is 0. The highest BCUT2D eigenvalue weighted by atomic mass is 19.1. The van der Waals surface area contributed by atoms with Crippen LogP contribution in [0.4, 0.5) is 4.39 Å². The summed E-state index contributed by atoms with van der Waals surface area (Å²) in [7, 11) is 0. The average Bonchev–Trinajstić information content (AvgIpc) is 2.43. The van der Waals surface area contributed by atoms with Crippen molar-refractivity contribution < 1.29 is 9.13 Å². The average molecular weight is 223 g/mol. The smallest absolute Gasteiger partial charge is 0.123 e. The van der Waals surface area contributed by atoms with E-state index < -0.39 is 0 Å². The van der Waals surface area contributed by atoms with Crippen molar-refractivity contribution in [3.05, 3.63) is 35.1 Å². The van der Waals surface area contributed by atoms with Crippen molar-refractivity contribution in [2.24, 2.45) is 5.73 Å². The summed E-state index contributed by atoms with van der Waals surface area (Å²) in [6.07, 6.45) is 2.67. The number of halogens is 1. The van der Waals surface area contributed by atoms with E-state index in [9.17, 15) is 4.39 Å². The van der Waals surface area contributed by atoms with Gasteiger partial charge >= 0.3 is 0 Å². The van der Waals surface area contributed by atoms with Crippen LogP contribution in [0.5, 0.6) is 0 Å². The van der Waals surface area contributed by atoms with Crippen LogP contribution in [0.25, 0.3) is 0 Å². The maximum atomic E-state index is 13.1. The van der Waals surface area contributed by atoms with Gasteiger partial charge in [-0.1, -0.05) is 6.07 Å². The summed E-state index contributed by atoms with van der Waals surface area (Å²) in [6, 6.07) is 4.86. The molecule has 2 N–H and O–H groups in total. The standard InChI is InChI=1S/C13H18FNO/c1-10-9-11(14)3-4-12(10)13(15)5-2-7-16-8-6-13/h3-4,9H,2,5-8,15H2,1H3. The summed E-state index contributed by atoms with van der Waals surface area (Å²) in [5.74, 6) is -0.199. The molecule has 88 valence electrons. The van der Waals surface area contributed by atoms with E-state index in [0.717, 1.165) is 37.0 Å². The molecule has 1 aliphatic rings. The number of aryl methyl sites for hydroxylation is 1. The monoisotopic (exact) mass is 223 g/mol. The van der Waals surface area contributed by atoms with Gasteiger partial charge in [0, 0.05) is 18.8 Å². The van der Waals surface area contributed by atoms with Gasteiger partial charge < -0.3 is 10.5 Å². The molecule has 1 fully saturated rings. The van der Waals surface area contributed by atoms with E-state index in [-0.39, 0.29) is 11.4 Å². The Morgan fingerprint density at radius 3 is 2.88 bits per heavy atom. The summed E-state index contributed by atoms with van der Waals surface area (Å²) in [5.41, 5.74) is 8.07. The topological polar surface area (TPSA) is 35.2 Å². The van der Waals surface area contributed by atoms with Gasteiger partial charge in [0.25, 0.3) is 0 Å². The van der Waals surface area contributed by atoms with Gasteiger partial charge in [0.1, 0.15) is 5.82 Å². The molecule has 0 radical (unpaired) electrons. The lowest BCUT2D eigenvalue weighted by Crippen LogP contribution is -2.37. The van der Waals surface area contributed by atoms with E-state index in [1.165, 1.54) is 6.07 Å². The summed E-state index contributed by atoms with van der Waals surface area (Å²) in [5, 5.41) is 0. The molecule has 2 rings (SSSR count). The number of rotatable bonds is 1. The fourth-order valence-electron chi connectivity index (χ4n) is 2.43. The fourth-order valence-corrected chi connectivity index (χ4v) is 2.43. The molecule has 2 nitrogen and oxygen atoms in total. The van der Waals surface area contributed by atoms with E-state index in [1.807, 2.05) is 13.0 Å². The molecule has 1 unspecified atom stereocenters. The zero-order chi connectivity index (χ0) is 11.6. The van der Waals surface area contributed by atoms with E-state index in [2.05, 4.69) is 0 Å². The molecule has 1 saturated heterocycles. The Balaban J connectivity index is 2.33. The molecule has 0 bridgehead atoms. The van der Waals surface area contributed by atoms with Crippen LogP contribution in [0.15, 0.2) is 18.2 Å². The van der Waals surface area contributed by atoms with Crippen molar-refractivity contribution in [1.29, 1.82) is 0 Å². The predicted molar refractivity (Wildman–Crippen MR) is 61.7 cm³/mol. The van der Waals surface area contributed by atoms with Crippen LogP contribution in [-0.4, -0.2) is 13.2 Å². The van der Waals surface area contributed by atoms with Gasteiger partial charge in [-0.2, -0.15) is 0 Å². The zero-order valence-electron chi connectivity index (χ0n) is 9.63. The second-order valence-electron chi connectivity index (χ2n) is 4.58. The highest BCUT2D eigenvalue weighted by Crippen LogP contribution is 2.31. The molecule has 1 heterocycles. The second kappa shape index (κ2) is 4.52. The Kier molecular flexibility index (Phi) is 3.26. The van der Waals surface area contributed by atoms with Crippen LogP contribution in [-0.2, 0) is 10.3 Å². The first-order valence-corrected chi connectivity index (χ1v) is 5.75. The van der Waals surface area contributed by atoms with Crippen LogP contribution in [0.3, 0.4) is 0 Å². The quantitative estimate of drug-likeness (QED) is 0.794. The molecule has 0 amide bonds. The highest BCUT2D eigenvalue weighted by molar-refractivity contribution is 5.33. The molecule has 1 atom stereocenters. The SMILES string of the molecule is Cc1cc(F)ccc1C1(N)CCCOCC1. The van der Waals surface area contributed by atoms with Crippen LogP contribution in [0.1, 0.15) is 30.4 Å². The number of hydrogen-bond acceptors (Lipinski definition) is 2. The minimum atomic E-state index is -0.353. The first-order valence-electron chi connectivity index (χ1n) is 5.75. The molecular formula is C13H18FNO. The van der Waals surface area contributed by atoms with Gasteiger partial charge in [0.05, 0.1) is 0 Å². The summed E-state index contributed by atoms with van der Waals surface area (Å²) in [6.45, 7) is 3.38. The van der Waals surface area contributed by atoms with E-state index >= 15 is 0 Å². The third kappa shape index (κ3) is 2.25. The Morgan fingerprint density at radius 1 is 1.31 bits per heavy atom. The largest absolute Gasteiger partial charge is 0.381 e. The minimum absolute atomic E-state index is 0.199. The molecule has 3 heteroatoms. The Labute approximate surface area is 95.6 Å². The molecule has 1 aliphatic heterocycles. The van der Waals surface area contributed by atoms with Gasteiger partial charge in [-0.3, -0.25) is 0 Å².